The number of hydrogen-bond donors (Lipinski definition) is 2. The van der Waals surface area contributed by atoms with Crippen LogP contribution in [0.1, 0.15) is 25.7 Å². The first-order chi connectivity index (χ1) is 7.34. The van der Waals surface area contributed by atoms with Gasteiger partial charge < -0.3 is 11.1 Å². The van der Waals surface area contributed by atoms with Gasteiger partial charge in [-0.15, -0.1) is 0 Å². The van der Waals surface area contributed by atoms with Crippen LogP contribution in [-0.2, 0) is 0 Å². The van der Waals surface area contributed by atoms with E-state index < -0.39 is 0 Å². The molecule has 1 fully saturated rings. The van der Waals surface area contributed by atoms with Crippen molar-refractivity contribution in [1.29, 1.82) is 0 Å². The van der Waals surface area contributed by atoms with Crippen LogP contribution in [0.3, 0.4) is 0 Å². The molecular weight excluding hydrogens is 188 g/mol. The van der Waals surface area contributed by atoms with E-state index in [0.717, 1.165) is 18.8 Å². The quantitative estimate of drug-likeness (QED) is 0.784. The van der Waals surface area contributed by atoms with Crippen LogP contribution >= 0.6 is 0 Å². The summed E-state index contributed by atoms with van der Waals surface area (Å²) < 4.78 is 0. The molecule has 0 bridgehead atoms. The van der Waals surface area contributed by atoms with Gasteiger partial charge >= 0.3 is 0 Å². The van der Waals surface area contributed by atoms with Crippen LogP contribution in [0.2, 0.25) is 0 Å². The Morgan fingerprint density at radius 2 is 2.33 bits per heavy atom. The zero-order chi connectivity index (χ0) is 10.5. The van der Waals surface area contributed by atoms with E-state index in [9.17, 15) is 0 Å². The van der Waals surface area contributed by atoms with Crippen molar-refractivity contribution in [2.45, 2.75) is 31.7 Å². The van der Waals surface area contributed by atoms with Crippen LogP contribution in [0.25, 0.3) is 0 Å². The van der Waals surface area contributed by atoms with Crippen LogP contribution in [-0.4, -0.2) is 22.6 Å². The predicted octanol–water partition coefficient (Wildman–Crippen LogP) is 1.41. The Morgan fingerprint density at radius 3 is 3.07 bits per heavy atom. The number of nitrogens with two attached hydrogens (primary N) is 1. The molecule has 1 heterocycles. The van der Waals surface area contributed by atoms with Crippen LogP contribution in [0, 0.1) is 5.92 Å². The third-order valence-corrected chi connectivity index (χ3v) is 2.96. The minimum Gasteiger partial charge on any atom is -0.369 e. The zero-order valence-electron chi connectivity index (χ0n) is 8.89. The molecule has 15 heavy (non-hydrogen) atoms. The molecular formula is C11H18N4. The van der Waals surface area contributed by atoms with E-state index in [1.54, 1.807) is 18.6 Å². The summed E-state index contributed by atoms with van der Waals surface area (Å²) in [6.45, 7) is 0.965. The van der Waals surface area contributed by atoms with E-state index in [2.05, 4.69) is 15.3 Å². The molecule has 2 unspecified atom stereocenters. The molecule has 0 aromatic carbocycles. The zero-order valence-corrected chi connectivity index (χ0v) is 8.89. The number of nitrogens with one attached hydrogen (secondary N) is 1. The molecule has 1 aliphatic carbocycles. The predicted molar refractivity (Wildman–Crippen MR) is 60.5 cm³/mol. The molecule has 0 saturated heterocycles. The summed E-state index contributed by atoms with van der Waals surface area (Å²) in [6.07, 6.45) is 9.99. The second kappa shape index (κ2) is 5.07. The van der Waals surface area contributed by atoms with Gasteiger partial charge in [-0.2, -0.15) is 0 Å². The van der Waals surface area contributed by atoms with Crippen molar-refractivity contribution in [1.82, 2.24) is 9.97 Å². The highest BCUT2D eigenvalue weighted by molar-refractivity contribution is 5.29. The van der Waals surface area contributed by atoms with Crippen molar-refractivity contribution in [3.8, 4) is 0 Å². The Morgan fingerprint density at radius 1 is 1.40 bits per heavy atom. The Hall–Kier alpha value is -1.16. The average Bonchev–Trinajstić information content (AvgIpc) is 2.28. The van der Waals surface area contributed by atoms with Gasteiger partial charge in [0.15, 0.2) is 0 Å². The van der Waals surface area contributed by atoms with Crippen molar-refractivity contribution in [3.63, 3.8) is 0 Å². The summed E-state index contributed by atoms with van der Waals surface area (Å²) in [5, 5.41) is 3.31. The SMILES string of the molecule is NC1CCCC(CNc2cnccn2)C1. The van der Waals surface area contributed by atoms with Crippen LogP contribution in [0.5, 0.6) is 0 Å². The van der Waals surface area contributed by atoms with Gasteiger partial charge in [0.2, 0.25) is 0 Å². The Labute approximate surface area is 90.3 Å². The Kier molecular flexibility index (Phi) is 3.50. The highest BCUT2D eigenvalue weighted by atomic mass is 15.0. The van der Waals surface area contributed by atoms with Crippen molar-refractivity contribution >= 4 is 5.82 Å². The number of hydrogen-bond acceptors (Lipinski definition) is 4. The lowest BCUT2D eigenvalue weighted by molar-refractivity contribution is 0.335. The summed E-state index contributed by atoms with van der Waals surface area (Å²) in [5.74, 6) is 1.55. The van der Waals surface area contributed by atoms with Crippen molar-refractivity contribution in [2.75, 3.05) is 11.9 Å². The molecule has 1 aromatic rings. The van der Waals surface area contributed by atoms with Gasteiger partial charge in [0.05, 0.1) is 6.20 Å². The van der Waals surface area contributed by atoms with Crippen LogP contribution in [0.4, 0.5) is 5.82 Å². The topological polar surface area (TPSA) is 63.8 Å². The number of aromatic nitrogens is 2. The summed E-state index contributed by atoms with van der Waals surface area (Å²) in [5.41, 5.74) is 5.94. The molecule has 1 saturated carbocycles. The molecule has 2 atom stereocenters. The van der Waals surface area contributed by atoms with Crippen molar-refractivity contribution < 1.29 is 0 Å². The summed E-state index contributed by atoms with van der Waals surface area (Å²) >= 11 is 0. The lowest BCUT2D eigenvalue weighted by Crippen LogP contribution is -2.31. The van der Waals surface area contributed by atoms with Gasteiger partial charge in [-0.1, -0.05) is 6.42 Å². The maximum absolute atomic E-state index is 5.94. The third-order valence-electron chi connectivity index (χ3n) is 2.96. The fourth-order valence-electron chi connectivity index (χ4n) is 2.16. The second-order valence-electron chi connectivity index (χ2n) is 4.26. The van der Waals surface area contributed by atoms with Gasteiger partial charge in [0.1, 0.15) is 5.82 Å². The fourth-order valence-corrected chi connectivity index (χ4v) is 2.16. The molecule has 3 N–H and O–H groups in total. The Balaban J connectivity index is 1.78. The molecule has 1 aliphatic rings. The first kappa shape index (κ1) is 10.4. The maximum atomic E-state index is 5.94. The smallest absolute Gasteiger partial charge is 0.144 e. The normalized spacial score (nSPS) is 26.2. The first-order valence-corrected chi connectivity index (χ1v) is 5.60. The number of anilines is 1. The van der Waals surface area contributed by atoms with E-state index in [4.69, 9.17) is 5.73 Å². The molecule has 4 nitrogen and oxygen atoms in total. The molecule has 82 valence electrons. The van der Waals surface area contributed by atoms with E-state index in [1.165, 1.54) is 19.3 Å². The minimum absolute atomic E-state index is 0.396. The lowest BCUT2D eigenvalue weighted by Gasteiger charge is -2.26. The minimum atomic E-state index is 0.396. The maximum Gasteiger partial charge on any atom is 0.144 e. The van der Waals surface area contributed by atoms with Crippen LogP contribution < -0.4 is 11.1 Å². The molecule has 2 rings (SSSR count). The van der Waals surface area contributed by atoms with Gasteiger partial charge in [-0.3, -0.25) is 4.98 Å². The summed E-state index contributed by atoms with van der Waals surface area (Å²) in [4.78, 5) is 8.19. The number of nitrogens with zero attached hydrogens (tertiary/aromatic N) is 2. The second-order valence-corrected chi connectivity index (χ2v) is 4.26. The summed E-state index contributed by atoms with van der Waals surface area (Å²) in [6, 6.07) is 0.396. The monoisotopic (exact) mass is 206 g/mol. The fraction of sp³-hybridized carbons (Fsp3) is 0.636. The molecule has 0 spiro atoms. The summed E-state index contributed by atoms with van der Waals surface area (Å²) in [7, 11) is 0. The highest BCUT2D eigenvalue weighted by Gasteiger charge is 2.18. The van der Waals surface area contributed by atoms with Gasteiger partial charge in [0.25, 0.3) is 0 Å². The molecule has 0 aliphatic heterocycles. The van der Waals surface area contributed by atoms with Crippen molar-refractivity contribution in [2.24, 2.45) is 11.7 Å². The van der Waals surface area contributed by atoms with Gasteiger partial charge in [-0.25, -0.2) is 4.98 Å². The van der Waals surface area contributed by atoms with E-state index in [0.29, 0.717) is 12.0 Å². The van der Waals surface area contributed by atoms with Crippen molar-refractivity contribution in [3.05, 3.63) is 18.6 Å². The van der Waals surface area contributed by atoms with Gasteiger partial charge in [-0.05, 0) is 25.2 Å². The molecule has 0 amide bonds. The average molecular weight is 206 g/mol. The third kappa shape index (κ3) is 3.16. The lowest BCUT2D eigenvalue weighted by atomic mass is 9.86. The van der Waals surface area contributed by atoms with E-state index >= 15 is 0 Å². The largest absolute Gasteiger partial charge is 0.369 e. The molecule has 1 aromatic heterocycles. The molecule has 0 radical (unpaired) electrons. The standard InChI is InChI=1S/C11H18N4/c12-10-3-1-2-9(6-10)7-15-11-8-13-4-5-14-11/h4-5,8-10H,1-3,6-7,12H2,(H,14,15). The van der Waals surface area contributed by atoms with Crippen LogP contribution in [0.15, 0.2) is 18.6 Å². The molecule has 4 heteroatoms. The van der Waals surface area contributed by atoms with E-state index in [1.807, 2.05) is 0 Å². The highest BCUT2D eigenvalue weighted by Crippen LogP contribution is 2.23. The van der Waals surface area contributed by atoms with Gasteiger partial charge in [0, 0.05) is 25.0 Å². The number of rotatable bonds is 3. The van der Waals surface area contributed by atoms with E-state index in [-0.39, 0.29) is 0 Å². The first-order valence-electron chi connectivity index (χ1n) is 5.60. The Bertz CT molecular complexity index is 288.